The molecule has 0 spiro atoms. The van der Waals surface area contributed by atoms with Crippen LogP contribution in [0.15, 0.2) is 0 Å². The molecule has 6 heteroatoms. The van der Waals surface area contributed by atoms with Gasteiger partial charge >= 0.3 is 43.9 Å². The van der Waals surface area contributed by atoms with Crippen LogP contribution in [0.2, 0.25) is 0 Å². The minimum absolute atomic E-state index is 0. The molecule has 0 aliphatic heterocycles. The molecule has 0 aliphatic rings. The summed E-state index contributed by atoms with van der Waals surface area (Å²) in [5.74, 6) is 0. The van der Waals surface area contributed by atoms with Crippen LogP contribution in [0, 0.1) is 5.41 Å². The van der Waals surface area contributed by atoms with Crippen LogP contribution >= 0.6 is 0 Å². The van der Waals surface area contributed by atoms with E-state index in [0.717, 1.165) is 6.08 Å². The van der Waals surface area contributed by atoms with Crippen molar-refractivity contribution in [1.82, 2.24) is 0 Å². The predicted molar refractivity (Wildman–Crippen MR) is 27.6 cm³/mol. The van der Waals surface area contributed by atoms with E-state index in [0.29, 0.717) is 0 Å². The average molecular weight is 147 g/mol. The molecule has 0 radical (unpaired) electrons. The fraction of sp³-hybridized carbons (Fsp3) is 0. The van der Waals surface area contributed by atoms with Gasteiger partial charge in [0.25, 0.3) is 0 Å². The molecule has 0 aliphatic carbocycles. The van der Waals surface area contributed by atoms with Gasteiger partial charge in [-0.05, 0) is 0 Å². The van der Waals surface area contributed by atoms with Crippen molar-refractivity contribution < 1.29 is 19.8 Å². The fourth-order valence-electron chi connectivity index (χ4n) is 0. The van der Waals surface area contributed by atoms with Gasteiger partial charge in [0.2, 0.25) is 6.08 Å². The van der Waals surface area contributed by atoms with E-state index in [4.69, 9.17) is 25.2 Å². The van der Waals surface area contributed by atoms with E-state index in [9.17, 15) is 0 Å². The van der Waals surface area contributed by atoms with E-state index in [-0.39, 0.29) is 37.7 Å². The van der Waals surface area contributed by atoms with Crippen LogP contribution in [-0.4, -0.2) is 60.2 Å². The summed E-state index contributed by atoms with van der Waals surface area (Å²) < 4.78 is 0. The first-order chi connectivity index (χ1) is 3.15. The van der Waals surface area contributed by atoms with Crippen LogP contribution in [0.4, 0.5) is 4.79 Å². The molecule has 0 amide bonds. The Kier molecular flexibility index (Phi) is 30.9. The van der Waals surface area contributed by atoms with Gasteiger partial charge in [-0.15, -0.1) is 0 Å². The molecule has 44 valence electrons. The van der Waals surface area contributed by atoms with Crippen molar-refractivity contribution in [3.63, 3.8) is 0 Å². The van der Waals surface area contributed by atoms with Crippen LogP contribution in [0.5, 0.6) is 0 Å². The Bertz CT molecular complexity index is 82.0. The van der Waals surface area contributed by atoms with E-state index < -0.39 is 6.16 Å². The zero-order valence-electron chi connectivity index (χ0n) is 3.21. The predicted octanol–water partition coefficient (Wildman–Crippen LogP) is -0.793. The number of isocyanates is 1. The number of hydrogen-bond acceptors (Lipinski definition) is 3. The van der Waals surface area contributed by atoms with Gasteiger partial charge in [0, 0.05) is 0 Å². The van der Waals surface area contributed by atoms with E-state index in [1.807, 2.05) is 0 Å². The summed E-state index contributed by atoms with van der Waals surface area (Å²) in [6.45, 7) is 0. The summed E-state index contributed by atoms with van der Waals surface area (Å²) in [7, 11) is 0. The van der Waals surface area contributed by atoms with Crippen LogP contribution in [0.1, 0.15) is 0 Å². The summed E-state index contributed by atoms with van der Waals surface area (Å²) in [6.07, 6.45) is -1.08. The second-order valence-corrected chi connectivity index (χ2v) is 0.385. The number of nitrogens with one attached hydrogen (secondary N) is 1. The number of carboxylic acid groups (broad SMARTS) is 2. The summed E-state index contributed by atoms with van der Waals surface area (Å²) in [5, 5.41) is 19.3. The fourth-order valence-corrected chi connectivity index (χ4v) is 0. The molecule has 0 aromatic rings. The molecular weight excluding hydrogens is 142 g/mol. The van der Waals surface area contributed by atoms with E-state index in [1.54, 1.807) is 0 Å². The van der Waals surface area contributed by atoms with Crippen molar-refractivity contribution in [1.29, 1.82) is 5.41 Å². The summed E-state index contributed by atoms with van der Waals surface area (Å²) in [6, 6.07) is 0. The first-order valence-electron chi connectivity index (χ1n) is 1.11. The molecular formula is C2H5CaNO4. The van der Waals surface area contributed by atoms with Gasteiger partial charge in [0.1, 0.15) is 0 Å². The van der Waals surface area contributed by atoms with Gasteiger partial charge in [-0.1, -0.05) is 0 Å². The molecule has 0 fully saturated rings. The van der Waals surface area contributed by atoms with Crippen molar-refractivity contribution in [3.8, 4) is 0 Å². The van der Waals surface area contributed by atoms with E-state index >= 15 is 0 Å². The standard InChI is InChI=1S/CHNO.CH2O3.Ca.2H/c2-1-3;2-1(3)4;;;/h2H;(H2,2,3,4);;;. The number of hydrogen-bond donors (Lipinski definition) is 3. The number of carbonyl (C=O) groups excluding carboxylic acids is 1. The third-order valence-corrected chi connectivity index (χ3v) is 0. The Morgan fingerprint density at radius 3 is 1.50 bits per heavy atom. The van der Waals surface area contributed by atoms with Gasteiger partial charge < -0.3 is 10.2 Å². The molecule has 0 aromatic carbocycles. The molecule has 5 nitrogen and oxygen atoms in total. The van der Waals surface area contributed by atoms with Crippen LogP contribution in [-0.2, 0) is 4.79 Å². The minimum atomic E-state index is -1.83. The Morgan fingerprint density at radius 1 is 1.50 bits per heavy atom. The molecule has 3 N–H and O–H groups in total. The second-order valence-electron chi connectivity index (χ2n) is 0.385. The third-order valence-electron chi connectivity index (χ3n) is 0. The second kappa shape index (κ2) is 15.8. The maximum atomic E-state index is 8.56. The van der Waals surface area contributed by atoms with Gasteiger partial charge in [-0.3, -0.25) is 0 Å². The van der Waals surface area contributed by atoms with Crippen LogP contribution in [0.3, 0.4) is 0 Å². The average Bonchev–Trinajstić information content (AvgIpc) is 1.33. The van der Waals surface area contributed by atoms with Gasteiger partial charge in [0.05, 0.1) is 0 Å². The van der Waals surface area contributed by atoms with E-state index in [2.05, 4.69) is 0 Å². The Hall–Kier alpha value is -0.0903. The topological polar surface area (TPSA) is 98.5 Å². The Balaban J connectivity index is -0.0000000575. The Labute approximate surface area is 74.8 Å². The zero-order chi connectivity index (χ0) is 6.28. The summed E-state index contributed by atoms with van der Waals surface area (Å²) in [5.41, 5.74) is 0. The van der Waals surface area contributed by atoms with Crippen LogP contribution < -0.4 is 0 Å². The SMILES string of the molecule is N=C=O.O=C(O)O.[CaH2]. The zero-order valence-corrected chi connectivity index (χ0v) is 3.21. The number of rotatable bonds is 0. The first kappa shape index (κ1) is 15.7. The molecule has 0 bridgehead atoms. The van der Waals surface area contributed by atoms with Crippen molar-refractivity contribution >= 4 is 50.0 Å². The molecule has 0 unspecified atom stereocenters. The van der Waals surface area contributed by atoms with Gasteiger partial charge in [-0.25, -0.2) is 15.0 Å². The molecule has 0 aromatic heterocycles. The van der Waals surface area contributed by atoms with E-state index in [1.165, 1.54) is 0 Å². The van der Waals surface area contributed by atoms with Crippen molar-refractivity contribution in [2.24, 2.45) is 0 Å². The monoisotopic (exact) mass is 147 g/mol. The maximum absolute atomic E-state index is 8.56. The van der Waals surface area contributed by atoms with Gasteiger partial charge in [-0.2, -0.15) is 0 Å². The Morgan fingerprint density at radius 2 is 1.50 bits per heavy atom. The van der Waals surface area contributed by atoms with Crippen LogP contribution in [0.25, 0.3) is 0 Å². The summed E-state index contributed by atoms with van der Waals surface area (Å²) in [4.78, 5) is 16.9. The molecule has 8 heavy (non-hydrogen) atoms. The third kappa shape index (κ3) is 17500. The molecule has 0 rings (SSSR count). The van der Waals surface area contributed by atoms with Crippen molar-refractivity contribution in [3.05, 3.63) is 0 Å². The van der Waals surface area contributed by atoms with Crippen molar-refractivity contribution in [2.45, 2.75) is 0 Å². The number of carbonyl (C=O) groups is 1. The molecule has 0 heterocycles. The first-order valence-corrected chi connectivity index (χ1v) is 1.11. The normalized spacial score (nSPS) is 4.00. The quantitative estimate of drug-likeness (QED) is 0.237. The summed E-state index contributed by atoms with van der Waals surface area (Å²) >= 11 is 0. The molecule has 0 saturated heterocycles. The molecule has 0 atom stereocenters. The van der Waals surface area contributed by atoms with Gasteiger partial charge in [0.15, 0.2) is 0 Å². The van der Waals surface area contributed by atoms with Crippen molar-refractivity contribution in [2.75, 3.05) is 0 Å². The molecule has 0 saturated carbocycles.